The summed E-state index contributed by atoms with van der Waals surface area (Å²) in [6.07, 6.45) is 1.25. The lowest BCUT2D eigenvalue weighted by molar-refractivity contribution is -0.121. The van der Waals surface area contributed by atoms with E-state index in [0.29, 0.717) is 12.5 Å². The lowest BCUT2D eigenvalue weighted by atomic mass is 10.1. The van der Waals surface area contributed by atoms with Gasteiger partial charge in [-0.05, 0) is 37.6 Å². The zero-order valence-electron chi connectivity index (χ0n) is 13.2. The standard InChI is InChI=1S/C16H25FN2O2/c1-11(2)18-9-5-6-16(20)19-12(3)13-7-8-15(21-4)14(17)10-13/h7-8,10-12,18H,5-6,9H2,1-4H3,(H,19,20). The van der Waals surface area contributed by atoms with Crippen molar-refractivity contribution >= 4 is 5.91 Å². The Morgan fingerprint density at radius 1 is 1.33 bits per heavy atom. The van der Waals surface area contributed by atoms with Gasteiger partial charge in [-0.2, -0.15) is 0 Å². The smallest absolute Gasteiger partial charge is 0.220 e. The number of rotatable bonds is 8. The van der Waals surface area contributed by atoms with E-state index >= 15 is 0 Å². The maximum absolute atomic E-state index is 13.6. The van der Waals surface area contributed by atoms with Crippen molar-refractivity contribution in [1.29, 1.82) is 0 Å². The number of carbonyl (C=O) groups is 1. The van der Waals surface area contributed by atoms with Gasteiger partial charge in [0.1, 0.15) is 0 Å². The van der Waals surface area contributed by atoms with Gasteiger partial charge < -0.3 is 15.4 Å². The Morgan fingerprint density at radius 2 is 2.05 bits per heavy atom. The summed E-state index contributed by atoms with van der Waals surface area (Å²) >= 11 is 0. The zero-order chi connectivity index (χ0) is 15.8. The molecule has 0 heterocycles. The average molecular weight is 296 g/mol. The number of benzene rings is 1. The van der Waals surface area contributed by atoms with E-state index in [1.54, 1.807) is 12.1 Å². The maximum Gasteiger partial charge on any atom is 0.220 e. The minimum absolute atomic E-state index is 0.0238. The molecule has 0 aliphatic carbocycles. The van der Waals surface area contributed by atoms with Crippen molar-refractivity contribution in [3.8, 4) is 5.75 Å². The van der Waals surface area contributed by atoms with Crippen LogP contribution < -0.4 is 15.4 Å². The van der Waals surface area contributed by atoms with Crippen LogP contribution in [-0.4, -0.2) is 25.6 Å². The molecular weight excluding hydrogens is 271 g/mol. The highest BCUT2D eigenvalue weighted by Crippen LogP contribution is 2.21. The van der Waals surface area contributed by atoms with Gasteiger partial charge >= 0.3 is 0 Å². The maximum atomic E-state index is 13.6. The van der Waals surface area contributed by atoms with E-state index in [2.05, 4.69) is 24.5 Å². The number of hydrogen-bond donors (Lipinski definition) is 2. The topological polar surface area (TPSA) is 50.4 Å². The molecule has 0 saturated heterocycles. The van der Waals surface area contributed by atoms with E-state index in [4.69, 9.17) is 4.74 Å². The molecule has 21 heavy (non-hydrogen) atoms. The van der Waals surface area contributed by atoms with E-state index in [0.717, 1.165) is 18.5 Å². The van der Waals surface area contributed by atoms with E-state index < -0.39 is 5.82 Å². The summed E-state index contributed by atoms with van der Waals surface area (Å²) in [6.45, 7) is 6.79. The Labute approximate surface area is 126 Å². The lowest BCUT2D eigenvalue weighted by Gasteiger charge is -2.15. The van der Waals surface area contributed by atoms with Gasteiger partial charge in [-0.15, -0.1) is 0 Å². The summed E-state index contributed by atoms with van der Waals surface area (Å²) in [4.78, 5) is 11.8. The number of nitrogens with one attached hydrogen (secondary N) is 2. The van der Waals surface area contributed by atoms with Crippen molar-refractivity contribution in [2.45, 2.75) is 45.7 Å². The monoisotopic (exact) mass is 296 g/mol. The highest BCUT2D eigenvalue weighted by molar-refractivity contribution is 5.76. The summed E-state index contributed by atoms with van der Waals surface area (Å²) in [5, 5.41) is 6.14. The summed E-state index contributed by atoms with van der Waals surface area (Å²) in [5.74, 6) is -0.237. The van der Waals surface area contributed by atoms with Gasteiger partial charge in [0.15, 0.2) is 11.6 Å². The fourth-order valence-electron chi connectivity index (χ4n) is 1.99. The third-order valence-corrected chi connectivity index (χ3v) is 3.19. The summed E-state index contributed by atoms with van der Waals surface area (Å²) in [7, 11) is 1.43. The minimum Gasteiger partial charge on any atom is -0.494 e. The van der Waals surface area contributed by atoms with Gasteiger partial charge in [0.25, 0.3) is 0 Å². The second-order valence-electron chi connectivity index (χ2n) is 5.40. The quantitative estimate of drug-likeness (QED) is 0.725. The first-order valence-corrected chi connectivity index (χ1v) is 7.30. The molecule has 1 aromatic carbocycles. The number of ether oxygens (including phenoxy) is 1. The van der Waals surface area contributed by atoms with Gasteiger partial charge in [-0.3, -0.25) is 4.79 Å². The Hall–Kier alpha value is -1.62. The van der Waals surface area contributed by atoms with E-state index in [-0.39, 0.29) is 17.7 Å². The van der Waals surface area contributed by atoms with Crippen molar-refractivity contribution in [1.82, 2.24) is 10.6 Å². The number of methoxy groups -OCH3 is 1. The van der Waals surface area contributed by atoms with E-state index in [9.17, 15) is 9.18 Å². The number of amides is 1. The van der Waals surface area contributed by atoms with Gasteiger partial charge in [0.2, 0.25) is 5.91 Å². The Kier molecular flexibility index (Phi) is 7.15. The first-order valence-electron chi connectivity index (χ1n) is 7.30. The van der Waals surface area contributed by atoms with Crippen LogP contribution in [0.1, 0.15) is 45.2 Å². The predicted octanol–water partition coefficient (Wildman–Crippen LogP) is 2.79. The molecule has 0 aliphatic rings. The third-order valence-electron chi connectivity index (χ3n) is 3.19. The second-order valence-corrected chi connectivity index (χ2v) is 5.40. The summed E-state index contributed by atoms with van der Waals surface area (Å²) in [6, 6.07) is 4.92. The van der Waals surface area contributed by atoms with Crippen molar-refractivity contribution in [2.24, 2.45) is 0 Å². The Bertz CT molecular complexity index is 464. The van der Waals surface area contributed by atoms with Crippen LogP contribution in [-0.2, 0) is 4.79 Å². The van der Waals surface area contributed by atoms with Gasteiger partial charge in [-0.25, -0.2) is 4.39 Å². The molecule has 1 amide bonds. The van der Waals surface area contributed by atoms with Crippen LogP contribution in [0.25, 0.3) is 0 Å². The molecule has 2 N–H and O–H groups in total. The number of carbonyl (C=O) groups excluding carboxylic acids is 1. The van der Waals surface area contributed by atoms with Gasteiger partial charge in [0, 0.05) is 12.5 Å². The molecule has 0 fully saturated rings. The molecule has 5 heteroatoms. The normalized spacial score (nSPS) is 12.3. The van der Waals surface area contributed by atoms with Crippen LogP contribution in [0.4, 0.5) is 4.39 Å². The van der Waals surface area contributed by atoms with E-state index in [1.165, 1.54) is 13.2 Å². The van der Waals surface area contributed by atoms with Crippen molar-refractivity contribution in [2.75, 3.05) is 13.7 Å². The first-order chi connectivity index (χ1) is 9.93. The molecule has 1 rings (SSSR count). The highest BCUT2D eigenvalue weighted by Gasteiger charge is 2.12. The fourth-order valence-corrected chi connectivity index (χ4v) is 1.99. The molecule has 1 unspecified atom stereocenters. The first kappa shape index (κ1) is 17.4. The predicted molar refractivity (Wildman–Crippen MR) is 81.9 cm³/mol. The average Bonchev–Trinajstić information content (AvgIpc) is 2.43. The second kappa shape index (κ2) is 8.62. The van der Waals surface area contributed by atoms with Crippen LogP contribution in [0.15, 0.2) is 18.2 Å². The van der Waals surface area contributed by atoms with Crippen LogP contribution in [0.2, 0.25) is 0 Å². The molecule has 0 spiro atoms. The Morgan fingerprint density at radius 3 is 2.62 bits per heavy atom. The molecule has 0 radical (unpaired) electrons. The van der Waals surface area contributed by atoms with Crippen molar-refractivity contribution < 1.29 is 13.9 Å². The van der Waals surface area contributed by atoms with Crippen LogP contribution in [0.3, 0.4) is 0 Å². The van der Waals surface area contributed by atoms with Gasteiger partial charge in [-0.1, -0.05) is 19.9 Å². The molecule has 0 saturated carbocycles. The molecule has 0 aromatic heterocycles. The van der Waals surface area contributed by atoms with Crippen LogP contribution in [0.5, 0.6) is 5.75 Å². The highest BCUT2D eigenvalue weighted by atomic mass is 19.1. The number of halogens is 1. The Balaban J connectivity index is 2.43. The lowest BCUT2D eigenvalue weighted by Crippen LogP contribution is -2.29. The molecule has 0 aliphatic heterocycles. The molecular formula is C16H25FN2O2. The van der Waals surface area contributed by atoms with Crippen LogP contribution in [0, 0.1) is 5.82 Å². The third kappa shape index (κ3) is 6.12. The molecule has 1 atom stereocenters. The number of hydrogen-bond acceptors (Lipinski definition) is 3. The summed E-state index contributed by atoms with van der Waals surface area (Å²) in [5.41, 5.74) is 0.724. The molecule has 118 valence electrons. The molecule has 0 bridgehead atoms. The zero-order valence-corrected chi connectivity index (χ0v) is 13.2. The summed E-state index contributed by atoms with van der Waals surface area (Å²) < 4.78 is 18.5. The van der Waals surface area contributed by atoms with Crippen molar-refractivity contribution in [3.05, 3.63) is 29.6 Å². The minimum atomic E-state index is -0.419. The fraction of sp³-hybridized carbons (Fsp3) is 0.562. The van der Waals surface area contributed by atoms with E-state index in [1.807, 2.05) is 6.92 Å². The largest absolute Gasteiger partial charge is 0.494 e. The SMILES string of the molecule is COc1ccc(C(C)NC(=O)CCCNC(C)C)cc1F. The van der Waals surface area contributed by atoms with Crippen molar-refractivity contribution in [3.63, 3.8) is 0 Å². The molecule has 1 aromatic rings. The van der Waals surface area contributed by atoms with Crippen LogP contribution >= 0.6 is 0 Å². The van der Waals surface area contributed by atoms with Gasteiger partial charge in [0.05, 0.1) is 13.2 Å². The molecule has 4 nitrogen and oxygen atoms in total.